The van der Waals surface area contributed by atoms with Crippen molar-refractivity contribution in [1.29, 1.82) is 0 Å². The molecule has 0 heterocycles. The van der Waals surface area contributed by atoms with Crippen molar-refractivity contribution in [3.8, 4) is 11.5 Å². The summed E-state index contributed by atoms with van der Waals surface area (Å²) in [5.74, 6) is -1.24. The van der Waals surface area contributed by atoms with E-state index in [2.05, 4.69) is 15.4 Å². The van der Waals surface area contributed by atoms with E-state index in [0.29, 0.717) is 16.3 Å². The number of rotatable bonds is 7. The summed E-state index contributed by atoms with van der Waals surface area (Å²) < 4.78 is 33.9. The number of alkyl halides is 2. The summed E-state index contributed by atoms with van der Waals surface area (Å²) in [7, 11) is 1.26. The molecule has 27 heavy (non-hydrogen) atoms. The second-order valence-corrected chi connectivity index (χ2v) is 5.79. The highest BCUT2D eigenvalue weighted by Gasteiger charge is 2.15. The zero-order valence-corrected chi connectivity index (χ0v) is 15.3. The maximum Gasteiger partial charge on any atom is 0.387 e. The van der Waals surface area contributed by atoms with Gasteiger partial charge in [0.25, 0.3) is 5.91 Å². The number of nitrogens with one attached hydrogen (secondary N) is 2. The highest BCUT2D eigenvalue weighted by molar-refractivity contribution is 6.31. The van der Waals surface area contributed by atoms with Crippen LogP contribution in [0, 0.1) is 6.92 Å². The number of amides is 2. The van der Waals surface area contributed by atoms with Gasteiger partial charge in [0.2, 0.25) is 5.91 Å². The normalized spacial score (nSPS) is 10.4. The summed E-state index contributed by atoms with van der Waals surface area (Å²) >= 11 is 5.99. The molecule has 144 valence electrons. The first-order chi connectivity index (χ1) is 12.8. The molecule has 0 spiro atoms. The third-order valence-corrected chi connectivity index (χ3v) is 4.00. The number of carbonyl (C=O) groups excluding carboxylic acids is 2. The number of halogens is 3. The molecule has 0 aliphatic rings. The molecule has 0 radical (unpaired) electrons. The van der Waals surface area contributed by atoms with Crippen LogP contribution in [0.15, 0.2) is 36.4 Å². The third-order valence-electron chi connectivity index (χ3n) is 3.59. The second-order valence-electron chi connectivity index (χ2n) is 5.39. The Hall–Kier alpha value is -2.87. The van der Waals surface area contributed by atoms with Crippen LogP contribution < -0.4 is 20.1 Å². The SMILES string of the molecule is COc1cc(C(=O)NCC(=O)Nc2cccc(Cl)c2C)ccc1OC(F)F. The van der Waals surface area contributed by atoms with Crippen molar-refractivity contribution in [2.45, 2.75) is 13.5 Å². The van der Waals surface area contributed by atoms with Gasteiger partial charge in [-0.25, -0.2) is 0 Å². The van der Waals surface area contributed by atoms with Gasteiger partial charge in [-0.05, 0) is 42.8 Å². The highest BCUT2D eigenvalue weighted by Crippen LogP contribution is 2.29. The number of carbonyl (C=O) groups is 2. The Balaban J connectivity index is 1.98. The Morgan fingerprint density at radius 1 is 1.19 bits per heavy atom. The Labute approximate surface area is 159 Å². The lowest BCUT2D eigenvalue weighted by Gasteiger charge is -2.12. The van der Waals surface area contributed by atoms with Crippen LogP contribution in [-0.4, -0.2) is 32.1 Å². The summed E-state index contributed by atoms with van der Waals surface area (Å²) in [4.78, 5) is 24.2. The molecular weight excluding hydrogens is 382 g/mol. The minimum atomic E-state index is -3.02. The molecule has 2 aromatic rings. The molecule has 2 amide bonds. The molecule has 0 saturated carbocycles. The van der Waals surface area contributed by atoms with Crippen molar-refractivity contribution in [3.63, 3.8) is 0 Å². The van der Waals surface area contributed by atoms with E-state index in [-0.39, 0.29) is 23.6 Å². The van der Waals surface area contributed by atoms with E-state index in [1.165, 1.54) is 25.3 Å². The summed E-state index contributed by atoms with van der Waals surface area (Å²) in [6, 6.07) is 8.80. The van der Waals surface area contributed by atoms with E-state index < -0.39 is 18.4 Å². The molecular formula is C18H17ClF2N2O4. The van der Waals surface area contributed by atoms with Crippen molar-refractivity contribution in [1.82, 2.24) is 5.32 Å². The molecule has 0 fully saturated rings. The van der Waals surface area contributed by atoms with Gasteiger partial charge in [0, 0.05) is 16.3 Å². The number of anilines is 1. The molecule has 0 saturated heterocycles. The van der Waals surface area contributed by atoms with Gasteiger partial charge in [-0.15, -0.1) is 0 Å². The predicted molar refractivity (Wildman–Crippen MR) is 96.8 cm³/mol. The van der Waals surface area contributed by atoms with Gasteiger partial charge >= 0.3 is 6.61 Å². The fourth-order valence-corrected chi connectivity index (χ4v) is 2.38. The summed E-state index contributed by atoms with van der Waals surface area (Å²) in [5, 5.41) is 5.59. The fraction of sp³-hybridized carbons (Fsp3) is 0.222. The largest absolute Gasteiger partial charge is 0.493 e. The quantitative estimate of drug-likeness (QED) is 0.746. The number of ether oxygens (including phenoxy) is 2. The molecule has 0 unspecified atom stereocenters. The van der Waals surface area contributed by atoms with E-state index in [1.54, 1.807) is 25.1 Å². The minimum Gasteiger partial charge on any atom is -0.493 e. The summed E-state index contributed by atoms with van der Waals surface area (Å²) in [6.45, 7) is -1.55. The van der Waals surface area contributed by atoms with Crippen molar-refractivity contribution >= 4 is 29.1 Å². The van der Waals surface area contributed by atoms with Crippen molar-refractivity contribution < 1.29 is 27.8 Å². The van der Waals surface area contributed by atoms with Gasteiger partial charge in [0.1, 0.15) is 0 Å². The molecule has 0 aliphatic carbocycles. The zero-order chi connectivity index (χ0) is 20.0. The van der Waals surface area contributed by atoms with E-state index >= 15 is 0 Å². The Bertz CT molecular complexity index is 846. The van der Waals surface area contributed by atoms with Gasteiger partial charge in [0.05, 0.1) is 13.7 Å². The van der Waals surface area contributed by atoms with Crippen LogP contribution in [0.25, 0.3) is 0 Å². The topological polar surface area (TPSA) is 76.7 Å². The van der Waals surface area contributed by atoms with Gasteiger partial charge < -0.3 is 20.1 Å². The average Bonchev–Trinajstić information content (AvgIpc) is 2.63. The molecule has 2 rings (SSSR count). The summed E-state index contributed by atoms with van der Waals surface area (Å²) in [6.07, 6.45) is 0. The van der Waals surface area contributed by atoms with Crippen LogP contribution in [0.1, 0.15) is 15.9 Å². The van der Waals surface area contributed by atoms with Crippen molar-refractivity contribution in [2.24, 2.45) is 0 Å². The van der Waals surface area contributed by atoms with Crippen LogP contribution in [0.5, 0.6) is 11.5 Å². The Kier molecular flexibility index (Phi) is 6.95. The smallest absolute Gasteiger partial charge is 0.387 e. The number of methoxy groups -OCH3 is 1. The fourth-order valence-electron chi connectivity index (χ4n) is 2.20. The molecule has 6 nitrogen and oxygen atoms in total. The first kappa shape index (κ1) is 20.4. The Morgan fingerprint density at radius 3 is 2.59 bits per heavy atom. The lowest BCUT2D eigenvalue weighted by Crippen LogP contribution is -2.33. The standard InChI is InChI=1S/C18H17ClF2N2O4/c1-10-12(19)4-3-5-13(10)23-16(24)9-22-17(25)11-6-7-14(27-18(20)21)15(8-11)26-2/h3-8,18H,9H2,1-2H3,(H,22,25)(H,23,24). The van der Waals surface area contributed by atoms with Crippen LogP contribution in [0.3, 0.4) is 0 Å². The maximum atomic E-state index is 12.3. The monoisotopic (exact) mass is 398 g/mol. The predicted octanol–water partition coefficient (Wildman–Crippen LogP) is 3.63. The van der Waals surface area contributed by atoms with E-state index in [0.717, 1.165) is 0 Å². The maximum absolute atomic E-state index is 12.3. The second kappa shape index (κ2) is 9.18. The molecule has 0 aromatic heterocycles. The molecule has 9 heteroatoms. The lowest BCUT2D eigenvalue weighted by atomic mass is 10.2. The van der Waals surface area contributed by atoms with E-state index in [4.69, 9.17) is 16.3 Å². The molecule has 2 N–H and O–H groups in total. The average molecular weight is 399 g/mol. The van der Waals surface area contributed by atoms with Crippen molar-refractivity contribution in [2.75, 3.05) is 19.0 Å². The third kappa shape index (κ3) is 5.55. The first-order valence-electron chi connectivity index (χ1n) is 7.78. The molecule has 2 aromatic carbocycles. The van der Waals surface area contributed by atoms with E-state index in [9.17, 15) is 18.4 Å². The Morgan fingerprint density at radius 2 is 1.93 bits per heavy atom. The number of hydrogen-bond donors (Lipinski definition) is 2. The van der Waals surface area contributed by atoms with Crippen LogP contribution in [-0.2, 0) is 4.79 Å². The highest BCUT2D eigenvalue weighted by atomic mass is 35.5. The number of hydrogen-bond acceptors (Lipinski definition) is 4. The van der Waals surface area contributed by atoms with Crippen LogP contribution in [0.4, 0.5) is 14.5 Å². The molecule has 0 atom stereocenters. The molecule has 0 bridgehead atoms. The lowest BCUT2D eigenvalue weighted by molar-refractivity contribution is -0.115. The van der Waals surface area contributed by atoms with Gasteiger partial charge in [-0.2, -0.15) is 8.78 Å². The molecule has 0 aliphatic heterocycles. The number of benzene rings is 2. The van der Waals surface area contributed by atoms with Crippen molar-refractivity contribution in [3.05, 3.63) is 52.5 Å². The minimum absolute atomic E-state index is 0.0260. The van der Waals surface area contributed by atoms with E-state index in [1.807, 2.05) is 0 Å². The summed E-state index contributed by atoms with van der Waals surface area (Å²) in [5.41, 5.74) is 1.37. The van der Waals surface area contributed by atoms with Crippen LogP contribution in [0.2, 0.25) is 5.02 Å². The van der Waals surface area contributed by atoms with Crippen LogP contribution >= 0.6 is 11.6 Å². The van der Waals surface area contributed by atoms with Gasteiger partial charge in [-0.1, -0.05) is 17.7 Å². The zero-order valence-electron chi connectivity index (χ0n) is 14.5. The first-order valence-corrected chi connectivity index (χ1v) is 8.15. The van der Waals surface area contributed by atoms with Gasteiger partial charge in [0.15, 0.2) is 11.5 Å². The van der Waals surface area contributed by atoms with Gasteiger partial charge in [-0.3, -0.25) is 9.59 Å².